The number of anilines is 2. The Bertz CT molecular complexity index is 1800. The molecule has 0 saturated heterocycles. The van der Waals surface area contributed by atoms with Gasteiger partial charge in [0.05, 0.1) is 57.6 Å². The molecule has 0 fully saturated rings. The molecule has 204 valence electrons. The van der Waals surface area contributed by atoms with Crippen LogP contribution in [0.15, 0.2) is 94.7 Å². The minimum atomic E-state index is -4.25. The molecule has 0 aromatic heterocycles. The number of amides is 4. The van der Waals surface area contributed by atoms with Crippen LogP contribution in [0.5, 0.6) is 11.5 Å². The first kappa shape index (κ1) is 26.0. The van der Waals surface area contributed by atoms with Gasteiger partial charge in [-0.05, 0) is 60.7 Å². The van der Waals surface area contributed by atoms with Crippen LogP contribution in [-0.4, -0.2) is 46.3 Å². The molecule has 0 saturated carbocycles. The van der Waals surface area contributed by atoms with Crippen molar-refractivity contribution < 1.29 is 37.1 Å². The molecule has 2 heterocycles. The zero-order chi connectivity index (χ0) is 29.1. The van der Waals surface area contributed by atoms with Crippen LogP contribution < -0.4 is 19.3 Å². The number of nitrogens with zero attached hydrogens (tertiary/aromatic N) is 2. The number of hydrogen-bond donors (Lipinski definition) is 0. The molecule has 0 aliphatic carbocycles. The number of benzene rings is 4. The van der Waals surface area contributed by atoms with Gasteiger partial charge in [-0.3, -0.25) is 19.2 Å². The van der Waals surface area contributed by atoms with Crippen molar-refractivity contribution in [3.63, 3.8) is 0 Å². The van der Waals surface area contributed by atoms with E-state index in [4.69, 9.17) is 9.47 Å². The van der Waals surface area contributed by atoms with Gasteiger partial charge in [-0.2, -0.15) is 0 Å². The second-order valence-electron chi connectivity index (χ2n) is 9.21. The molecule has 2 aliphatic heterocycles. The summed E-state index contributed by atoms with van der Waals surface area (Å²) in [6, 6.07) is 20.1. The average Bonchev–Trinajstić information content (AvgIpc) is 3.40. The molecule has 10 nitrogen and oxygen atoms in total. The van der Waals surface area contributed by atoms with E-state index >= 15 is 0 Å². The Morgan fingerprint density at radius 1 is 0.512 bits per heavy atom. The highest BCUT2D eigenvalue weighted by Gasteiger charge is 2.40. The zero-order valence-corrected chi connectivity index (χ0v) is 22.5. The van der Waals surface area contributed by atoms with Gasteiger partial charge in [-0.25, -0.2) is 18.2 Å². The van der Waals surface area contributed by atoms with E-state index in [0.29, 0.717) is 11.5 Å². The zero-order valence-electron chi connectivity index (χ0n) is 21.7. The van der Waals surface area contributed by atoms with E-state index in [1.54, 1.807) is 36.4 Å². The van der Waals surface area contributed by atoms with Gasteiger partial charge in [-0.1, -0.05) is 12.1 Å². The number of methoxy groups -OCH3 is 2. The molecule has 4 aromatic carbocycles. The molecule has 0 spiro atoms. The van der Waals surface area contributed by atoms with Crippen molar-refractivity contribution in [2.45, 2.75) is 9.79 Å². The van der Waals surface area contributed by atoms with Gasteiger partial charge in [0.1, 0.15) is 11.5 Å². The summed E-state index contributed by atoms with van der Waals surface area (Å²) in [4.78, 5) is 54.0. The third-order valence-corrected chi connectivity index (χ3v) is 8.71. The summed E-state index contributed by atoms with van der Waals surface area (Å²) in [5.74, 6) is -1.67. The fourth-order valence-corrected chi connectivity index (χ4v) is 6.19. The van der Waals surface area contributed by atoms with E-state index in [2.05, 4.69) is 0 Å². The Morgan fingerprint density at radius 3 is 1.29 bits per heavy atom. The maximum absolute atomic E-state index is 13.6. The Labute approximate surface area is 234 Å². The second kappa shape index (κ2) is 9.42. The van der Waals surface area contributed by atoms with Crippen LogP contribution >= 0.6 is 0 Å². The van der Waals surface area contributed by atoms with Gasteiger partial charge in [0.25, 0.3) is 23.6 Å². The Hall–Kier alpha value is -5.29. The van der Waals surface area contributed by atoms with E-state index < -0.39 is 33.5 Å². The van der Waals surface area contributed by atoms with E-state index in [0.717, 1.165) is 21.9 Å². The highest BCUT2D eigenvalue weighted by molar-refractivity contribution is 7.91. The van der Waals surface area contributed by atoms with Crippen LogP contribution in [0.2, 0.25) is 0 Å². The van der Waals surface area contributed by atoms with Crippen LogP contribution in [-0.2, 0) is 9.84 Å². The van der Waals surface area contributed by atoms with Gasteiger partial charge in [0, 0.05) is 12.1 Å². The quantitative estimate of drug-likeness (QED) is 0.318. The summed E-state index contributed by atoms with van der Waals surface area (Å²) in [5.41, 5.74) is 0.525. The molecule has 0 bridgehead atoms. The first-order valence-corrected chi connectivity index (χ1v) is 13.7. The maximum atomic E-state index is 13.6. The standard InChI is InChI=1S/C30H20N2O8S/c1-39-19-7-3-5-17(13-19)31-27(33)23-11-9-21(15-25(23)29(31)35)41(37,38)22-10-12-24-26(16-22)30(36)32(28(24)34)18-6-4-8-20(14-18)40-2/h3-16H,1-2H3. The first-order chi connectivity index (χ1) is 19.6. The number of ether oxygens (including phenoxy) is 2. The molecule has 4 amide bonds. The summed E-state index contributed by atoms with van der Waals surface area (Å²) in [6.07, 6.45) is 0. The molecule has 6 rings (SSSR count). The minimum Gasteiger partial charge on any atom is -0.497 e. The molecule has 0 N–H and O–H groups in total. The lowest BCUT2D eigenvalue weighted by atomic mass is 10.1. The van der Waals surface area contributed by atoms with Crippen molar-refractivity contribution in [1.29, 1.82) is 0 Å². The lowest BCUT2D eigenvalue weighted by molar-refractivity contribution is 0.0910. The lowest BCUT2D eigenvalue weighted by Gasteiger charge is -2.14. The number of fused-ring (bicyclic) bond motifs is 2. The molecule has 4 aromatic rings. The average molecular weight is 569 g/mol. The van der Waals surface area contributed by atoms with Gasteiger partial charge in [0.2, 0.25) is 9.84 Å². The molecule has 0 unspecified atom stereocenters. The van der Waals surface area contributed by atoms with Gasteiger partial charge >= 0.3 is 0 Å². The van der Waals surface area contributed by atoms with Crippen molar-refractivity contribution in [1.82, 2.24) is 0 Å². The van der Waals surface area contributed by atoms with Crippen molar-refractivity contribution >= 4 is 44.8 Å². The monoisotopic (exact) mass is 568 g/mol. The molecule has 0 radical (unpaired) electrons. The smallest absolute Gasteiger partial charge is 0.266 e. The van der Waals surface area contributed by atoms with E-state index in [1.165, 1.54) is 50.6 Å². The van der Waals surface area contributed by atoms with Crippen molar-refractivity contribution in [2.75, 3.05) is 24.0 Å². The fourth-order valence-electron chi connectivity index (χ4n) is 4.88. The normalized spacial score (nSPS) is 14.4. The SMILES string of the molecule is COc1cccc(N2C(=O)c3ccc(S(=O)(=O)c4ccc5c(c4)C(=O)N(c4cccc(OC)c4)C5=O)cc3C2=O)c1. The predicted octanol–water partition coefficient (Wildman–Crippen LogP) is 4.14. The number of sulfone groups is 1. The summed E-state index contributed by atoms with van der Waals surface area (Å²) in [7, 11) is -1.34. The van der Waals surface area contributed by atoms with Crippen LogP contribution in [0.3, 0.4) is 0 Å². The highest BCUT2D eigenvalue weighted by Crippen LogP contribution is 2.35. The molecular weight excluding hydrogens is 548 g/mol. The van der Waals surface area contributed by atoms with Crippen molar-refractivity contribution in [3.05, 3.63) is 107 Å². The summed E-state index contributed by atoms with van der Waals surface area (Å²) >= 11 is 0. The van der Waals surface area contributed by atoms with Gasteiger partial charge in [-0.15, -0.1) is 0 Å². The molecule has 11 heteroatoms. The summed E-state index contributed by atoms with van der Waals surface area (Å²) < 4.78 is 37.6. The van der Waals surface area contributed by atoms with E-state index in [-0.39, 0.29) is 43.4 Å². The van der Waals surface area contributed by atoms with Crippen molar-refractivity contribution in [2.24, 2.45) is 0 Å². The molecule has 2 aliphatic rings. The number of carbonyl (C=O) groups excluding carboxylic acids is 4. The summed E-state index contributed by atoms with van der Waals surface area (Å²) in [6.45, 7) is 0. The largest absolute Gasteiger partial charge is 0.497 e. The third-order valence-electron chi connectivity index (χ3n) is 6.96. The first-order valence-electron chi connectivity index (χ1n) is 12.2. The molecular formula is C30H20N2O8S. The topological polar surface area (TPSA) is 127 Å². The fraction of sp³-hybridized carbons (Fsp3) is 0.0667. The second-order valence-corrected chi connectivity index (χ2v) is 11.2. The molecule has 41 heavy (non-hydrogen) atoms. The Balaban J connectivity index is 1.35. The predicted molar refractivity (Wildman–Crippen MR) is 147 cm³/mol. The van der Waals surface area contributed by atoms with Crippen LogP contribution in [0.1, 0.15) is 41.4 Å². The van der Waals surface area contributed by atoms with Crippen LogP contribution in [0, 0.1) is 0 Å². The van der Waals surface area contributed by atoms with Crippen LogP contribution in [0.4, 0.5) is 11.4 Å². The van der Waals surface area contributed by atoms with Gasteiger partial charge < -0.3 is 9.47 Å². The number of imide groups is 2. The minimum absolute atomic E-state index is 0.0560. The number of hydrogen-bond acceptors (Lipinski definition) is 8. The number of rotatable bonds is 6. The molecule has 0 atom stereocenters. The van der Waals surface area contributed by atoms with E-state index in [9.17, 15) is 27.6 Å². The maximum Gasteiger partial charge on any atom is 0.266 e. The van der Waals surface area contributed by atoms with Crippen LogP contribution in [0.25, 0.3) is 0 Å². The van der Waals surface area contributed by atoms with Gasteiger partial charge in [0.15, 0.2) is 0 Å². The summed E-state index contributed by atoms with van der Waals surface area (Å²) in [5, 5.41) is 0. The lowest BCUT2D eigenvalue weighted by Crippen LogP contribution is -2.29. The number of carbonyl (C=O) groups is 4. The Morgan fingerprint density at radius 2 is 0.902 bits per heavy atom. The van der Waals surface area contributed by atoms with E-state index in [1.807, 2.05) is 0 Å². The van der Waals surface area contributed by atoms with Crippen molar-refractivity contribution in [3.8, 4) is 11.5 Å². The Kier molecular flexibility index (Phi) is 5.96. The third kappa shape index (κ3) is 3.97. The highest BCUT2D eigenvalue weighted by atomic mass is 32.2.